The average molecular weight is 398 g/mol. The summed E-state index contributed by atoms with van der Waals surface area (Å²) in [4.78, 5) is 19.4. The molecule has 28 heavy (non-hydrogen) atoms. The Morgan fingerprint density at radius 2 is 2.29 bits per heavy atom. The summed E-state index contributed by atoms with van der Waals surface area (Å²) >= 11 is 1.31. The van der Waals surface area contributed by atoms with Crippen LogP contribution in [-0.2, 0) is 7.05 Å². The summed E-state index contributed by atoms with van der Waals surface area (Å²) in [6.07, 6.45) is 4.41. The number of amides is 1. The zero-order valence-corrected chi connectivity index (χ0v) is 16.4. The van der Waals surface area contributed by atoms with E-state index in [4.69, 9.17) is 11.5 Å². The molecule has 0 aliphatic carbocycles. The summed E-state index contributed by atoms with van der Waals surface area (Å²) in [6, 6.07) is 8.18. The van der Waals surface area contributed by atoms with E-state index in [9.17, 15) is 4.79 Å². The number of carbonyl (C=O) groups excluding carboxylic acids is 1. The van der Waals surface area contributed by atoms with Crippen molar-refractivity contribution in [1.29, 1.82) is 0 Å². The maximum absolute atomic E-state index is 12.5. The molecule has 1 saturated heterocycles. The zero-order chi connectivity index (χ0) is 19.7. The number of nitrogens with zero attached hydrogens (tertiary/aromatic N) is 4. The molecule has 0 spiro atoms. The SMILES string of the molecule is Cn1cc(NC(=O)c2nc(-c3cccc(N4CCC(CN)C4)c3)sc2N)cn1. The Hall–Kier alpha value is -2.91. The minimum atomic E-state index is -0.338. The molecule has 4 rings (SSSR count). The van der Waals surface area contributed by atoms with Crippen LogP contribution in [0.2, 0.25) is 0 Å². The summed E-state index contributed by atoms with van der Waals surface area (Å²) in [6.45, 7) is 2.69. The maximum atomic E-state index is 12.5. The Labute approximate surface area is 167 Å². The van der Waals surface area contributed by atoms with Crippen LogP contribution in [0, 0.1) is 5.92 Å². The molecular formula is C19H23N7OS. The molecule has 3 heterocycles. The fourth-order valence-corrected chi connectivity index (χ4v) is 4.21. The van der Waals surface area contributed by atoms with Gasteiger partial charge in [-0.2, -0.15) is 5.10 Å². The second-order valence-corrected chi connectivity index (χ2v) is 8.01. The van der Waals surface area contributed by atoms with E-state index in [0.29, 0.717) is 23.2 Å². The zero-order valence-electron chi connectivity index (χ0n) is 15.6. The molecule has 146 valence electrons. The van der Waals surface area contributed by atoms with Crippen LogP contribution in [0.15, 0.2) is 36.7 Å². The standard InChI is InChI=1S/C19H23N7OS/c1-25-11-14(9-22-25)23-18(27)16-17(21)28-19(24-16)13-3-2-4-15(7-13)26-6-5-12(8-20)10-26/h2-4,7,9,11-12H,5-6,8,10,20-21H2,1H3,(H,23,27). The third-order valence-electron chi connectivity index (χ3n) is 4.91. The lowest BCUT2D eigenvalue weighted by atomic mass is 10.1. The largest absolute Gasteiger partial charge is 0.389 e. The van der Waals surface area contributed by atoms with Crippen LogP contribution in [0.25, 0.3) is 10.6 Å². The molecule has 0 bridgehead atoms. The molecule has 0 saturated carbocycles. The number of nitrogens with two attached hydrogens (primary N) is 2. The highest BCUT2D eigenvalue weighted by Crippen LogP contribution is 2.33. The van der Waals surface area contributed by atoms with Gasteiger partial charge in [0, 0.05) is 37.6 Å². The molecule has 0 radical (unpaired) electrons. The van der Waals surface area contributed by atoms with Crippen molar-refractivity contribution in [3.8, 4) is 10.6 Å². The summed E-state index contributed by atoms with van der Waals surface area (Å²) in [5.74, 6) is 0.205. The van der Waals surface area contributed by atoms with Gasteiger partial charge in [0.25, 0.3) is 5.91 Å². The Bertz CT molecular complexity index is 996. The van der Waals surface area contributed by atoms with Gasteiger partial charge < -0.3 is 21.7 Å². The van der Waals surface area contributed by atoms with Gasteiger partial charge in [-0.15, -0.1) is 0 Å². The Morgan fingerprint density at radius 3 is 3.00 bits per heavy atom. The number of nitrogens with one attached hydrogen (secondary N) is 1. The number of anilines is 3. The van der Waals surface area contributed by atoms with E-state index in [1.54, 1.807) is 24.1 Å². The van der Waals surface area contributed by atoms with Gasteiger partial charge in [-0.3, -0.25) is 9.48 Å². The summed E-state index contributed by atoms with van der Waals surface area (Å²) < 4.78 is 1.62. The number of hydrogen-bond acceptors (Lipinski definition) is 7. The van der Waals surface area contributed by atoms with E-state index in [2.05, 4.69) is 32.4 Å². The summed E-state index contributed by atoms with van der Waals surface area (Å²) in [7, 11) is 1.79. The van der Waals surface area contributed by atoms with E-state index < -0.39 is 0 Å². The van der Waals surface area contributed by atoms with Crippen LogP contribution in [0.4, 0.5) is 16.4 Å². The molecule has 1 unspecified atom stereocenters. The number of hydrogen-bond donors (Lipinski definition) is 3. The minimum absolute atomic E-state index is 0.235. The van der Waals surface area contributed by atoms with Crippen LogP contribution >= 0.6 is 11.3 Å². The van der Waals surface area contributed by atoms with Crippen LogP contribution in [0.1, 0.15) is 16.9 Å². The van der Waals surface area contributed by atoms with E-state index in [0.717, 1.165) is 35.8 Å². The second-order valence-electron chi connectivity index (χ2n) is 6.98. The van der Waals surface area contributed by atoms with Crippen molar-refractivity contribution >= 4 is 33.6 Å². The number of nitrogen functional groups attached to an aromatic ring is 1. The first kappa shape index (κ1) is 18.5. The lowest BCUT2D eigenvalue weighted by Gasteiger charge is -2.19. The molecule has 1 atom stereocenters. The number of aryl methyl sites for hydroxylation is 1. The van der Waals surface area contributed by atoms with Crippen molar-refractivity contribution in [3.63, 3.8) is 0 Å². The first-order valence-electron chi connectivity index (χ1n) is 9.15. The fourth-order valence-electron chi connectivity index (χ4n) is 3.39. The molecule has 5 N–H and O–H groups in total. The smallest absolute Gasteiger partial charge is 0.277 e. The van der Waals surface area contributed by atoms with Crippen LogP contribution in [-0.4, -0.2) is 40.3 Å². The van der Waals surface area contributed by atoms with Crippen molar-refractivity contribution < 1.29 is 4.79 Å². The number of benzene rings is 1. The van der Waals surface area contributed by atoms with Gasteiger partial charge in [0.1, 0.15) is 10.0 Å². The van der Waals surface area contributed by atoms with Gasteiger partial charge in [0.15, 0.2) is 5.69 Å². The molecule has 8 nitrogen and oxygen atoms in total. The van der Waals surface area contributed by atoms with Crippen LogP contribution in [0.3, 0.4) is 0 Å². The third kappa shape index (κ3) is 3.71. The quantitative estimate of drug-likeness (QED) is 0.608. The lowest BCUT2D eigenvalue weighted by molar-refractivity contribution is 0.102. The molecule has 1 aromatic carbocycles. The van der Waals surface area contributed by atoms with Crippen molar-refractivity contribution in [1.82, 2.24) is 14.8 Å². The van der Waals surface area contributed by atoms with E-state index in [1.807, 2.05) is 12.1 Å². The Balaban J connectivity index is 1.55. The molecular weight excluding hydrogens is 374 g/mol. The summed E-state index contributed by atoms with van der Waals surface area (Å²) in [5.41, 5.74) is 14.8. The van der Waals surface area contributed by atoms with Gasteiger partial charge in [-0.05, 0) is 31.0 Å². The number of rotatable bonds is 5. The highest BCUT2D eigenvalue weighted by molar-refractivity contribution is 7.19. The molecule has 1 aliphatic heterocycles. The van der Waals surface area contributed by atoms with Gasteiger partial charge in [-0.25, -0.2) is 4.98 Å². The van der Waals surface area contributed by atoms with Gasteiger partial charge in [-0.1, -0.05) is 23.5 Å². The highest BCUT2D eigenvalue weighted by Gasteiger charge is 2.22. The normalized spacial score (nSPS) is 16.5. The lowest BCUT2D eigenvalue weighted by Crippen LogP contribution is -2.22. The third-order valence-corrected chi connectivity index (χ3v) is 5.84. The Morgan fingerprint density at radius 1 is 1.43 bits per heavy atom. The van der Waals surface area contributed by atoms with Gasteiger partial charge in [0.2, 0.25) is 0 Å². The monoisotopic (exact) mass is 397 g/mol. The van der Waals surface area contributed by atoms with Crippen molar-refractivity contribution in [2.24, 2.45) is 18.7 Å². The van der Waals surface area contributed by atoms with Crippen molar-refractivity contribution in [3.05, 3.63) is 42.4 Å². The molecule has 1 fully saturated rings. The number of thiazole rings is 1. The average Bonchev–Trinajstić information content (AvgIpc) is 3.41. The minimum Gasteiger partial charge on any atom is -0.389 e. The first-order chi connectivity index (χ1) is 13.5. The topological polar surface area (TPSA) is 115 Å². The first-order valence-corrected chi connectivity index (χ1v) is 9.97. The number of carbonyl (C=O) groups is 1. The predicted molar refractivity (Wildman–Crippen MR) is 112 cm³/mol. The van der Waals surface area contributed by atoms with Gasteiger partial charge in [0.05, 0.1) is 11.9 Å². The molecule has 3 aromatic rings. The molecule has 1 amide bonds. The van der Waals surface area contributed by atoms with E-state index in [-0.39, 0.29) is 11.6 Å². The molecule has 2 aromatic heterocycles. The summed E-state index contributed by atoms with van der Waals surface area (Å²) in [5, 5.41) is 7.93. The second kappa shape index (κ2) is 7.61. The van der Waals surface area contributed by atoms with Crippen LogP contribution < -0.4 is 21.7 Å². The van der Waals surface area contributed by atoms with E-state index in [1.165, 1.54) is 11.3 Å². The van der Waals surface area contributed by atoms with E-state index >= 15 is 0 Å². The number of aromatic nitrogens is 3. The molecule has 9 heteroatoms. The maximum Gasteiger partial charge on any atom is 0.277 e. The van der Waals surface area contributed by atoms with Crippen LogP contribution in [0.5, 0.6) is 0 Å². The van der Waals surface area contributed by atoms with Gasteiger partial charge >= 0.3 is 0 Å². The van der Waals surface area contributed by atoms with Crippen molar-refractivity contribution in [2.45, 2.75) is 6.42 Å². The Kier molecular flexibility index (Phi) is 5.01. The fraction of sp³-hybridized carbons (Fsp3) is 0.316. The molecule has 1 aliphatic rings. The van der Waals surface area contributed by atoms with Crippen molar-refractivity contribution in [2.75, 3.05) is 35.6 Å². The highest BCUT2D eigenvalue weighted by atomic mass is 32.1. The predicted octanol–water partition coefficient (Wildman–Crippen LogP) is 2.16.